The molecular formula is C22H34N2O2. The smallest absolute Gasteiger partial charge is 0.152 e. The van der Waals surface area contributed by atoms with E-state index in [4.69, 9.17) is 4.84 Å². The van der Waals surface area contributed by atoms with Crippen molar-refractivity contribution < 1.29 is 9.63 Å². The lowest BCUT2D eigenvalue weighted by Crippen LogP contribution is -2.53. The molecule has 0 aromatic heterocycles. The van der Waals surface area contributed by atoms with Crippen LogP contribution in [0.2, 0.25) is 0 Å². The summed E-state index contributed by atoms with van der Waals surface area (Å²) in [5.41, 5.74) is 1.76. The highest BCUT2D eigenvalue weighted by Crippen LogP contribution is 2.65. The van der Waals surface area contributed by atoms with Crippen LogP contribution in [-0.4, -0.2) is 30.7 Å². The quantitative estimate of drug-likeness (QED) is 0.761. The summed E-state index contributed by atoms with van der Waals surface area (Å²) in [5, 5.41) is 7.78. The zero-order chi connectivity index (χ0) is 17.9. The number of Topliss-reactive ketones (excluding diaryl/α,β-unsaturated/α-hetero) is 1. The Hall–Kier alpha value is -0.900. The maximum Gasteiger partial charge on any atom is 0.152 e. The lowest BCUT2D eigenvalue weighted by molar-refractivity contribution is -0.137. The van der Waals surface area contributed by atoms with Gasteiger partial charge in [-0.25, -0.2) is 0 Å². The predicted octanol–water partition coefficient (Wildman–Crippen LogP) is 3.94. The van der Waals surface area contributed by atoms with Crippen molar-refractivity contribution in [3.8, 4) is 0 Å². The van der Waals surface area contributed by atoms with E-state index in [0.29, 0.717) is 23.2 Å². The standard InChI is InChI=1S/C22H34N2O2/c1-21-9-7-15(24-26-16-12-23-13-16)11-14(21)3-4-17-18-5-6-20(25)22(18,2)10-8-19(17)21/h14,16-19,23H,3-13H2,1-2H3/b24-15+/t14?,17?,18?,19?,21-,22-/m0/s1. The van der Waals surface area contributed by atoms with Crippen molar-refractivity contribution in [2.75, 3.05) is 13.1 Å². The number of rotatable bonds is 2. The first-order valence-electron chi connectivity index (χ1n) is 11.0. The second-order valence-electron chi connectivity index (χ2n) is 10.3. The fourth-order valence-corrected chi connectivity index (χ4v) is 7.40. The van der Waals surface area contributed by atoms with Crippen molar-refractivity contribution in [2.24, 2.45) is 39.7 Å². The van der Waals surface area contributed by atoms with Gasteiger partial charge in [-0.15, -0.1) is 0 Å². The summed E-state index contributed by atoms with van der Waals surface area (Å²) in [6.45, 7) is 6.75. The fourth-order valence-electron chi connectivity index (χ4n) is 7.40. The van der Waals surface area contributed by atoms with E-state index in [0.717, 1.165) is 62.9 Å². The summed E-state index contributed by atoms with van der Waals surface area (Å²) in [5.74, 6) is 3.60. The molecule has 0 spiro atoms. The van der Waals surface area contributed by atoms with Gasteiger partial charge in [0.15, 0.2) is 6.10 Å². The van der Waals surface area contributed by atoms with Gasteiger partial charge in [-0.2, -0.15) is 0 Å². The van der Waals surface area contributed by atoms with Crippen molar-refractivity contribution in [2.45, 2.75) is 77.7 Å². The first-order chi connectivity index (χ1) is 12.5. The molecule has 0 aromatic carbocycles. The number of nitrogens with one attached hydrogen (secondary N) is 1. The Balaban J connectivity index is 1.32. The molecule has 0 amide bonds. The Bertz CT molecular complexity index is 628. The number of carbonyl (C=O) groups is 1. The number of nitrogens with zero attached hydrogens (tertiary/aromatic N) is 1. The topological polar surface area (TPSA) is 50.7 Å². The normalized spacial score (nSPS) is 49.9. The third kappa shape index (κ3) is 2.43. The number of oxime groups is 1. The Morgan fingerprint density at radius 2 is 1.88 bits per heavy atom. The van der Waals surface area contributed by atoms with Crippen LogP contribution in [0, 0.1) is 34.5 Å². The number of fused-ring (bicyclic) bond motifs is 5. The summed E-state index contributed by atoms with van der Waals surface area (Å²) >= 11 is 0. The maximum absolute atomic E-state index is 12.5. The van der Waals surface area contributed by atoms with Crippen LogP contribution in [0.5, 0.6) is 0 Å². The molecule has 1 N–H and O–H groups in total. The molecule has 5 aliphatic rings. The number of ketones is 1. The van der Waals surface area contributed by atoms with Gasteiger partial charge >= 0.3 is 0 Å². The van der Waals surface area contributed by atoms with Crippen LogP contribution >= 0.6 is 0 Å². The average molecular weight is 359 g/mol. The minimum absolute atomic E-state index is 0.0102. The zero-order valence-electron chi connectivity index (χ0n) is 16.4. The molecule has 4 unspecified atom stereocenters. The molecule has 4 saturated carbocycles. The molecule has 4 aliphatic carbocycles. The van der Waals surface area contributed by atoms with Gasteiger partial charge in [0, 0.05) is 24.9 Å². The van der Waals surface area contributed by atoms with Crippen LogP contribution in [-0.2, 0) is 9.63 Å². The number of hydrogen-bond donors (Lipinski definition) is 1. The Morgan fingerprint density at radius 3 is 2.65 bits per heavy atom. The summed E-state index contributed by atoms with van der Waals surface area (Å²) in [6, 6.07) is 0. The van der Waals surface area contributed by atoms with Gasteiger partial charge in [0.25, 0.3) is 0 Å². The predicted molar refractivity (Wildman–Crippen MR) is 102 cm³/mol. The molecule has 6 atom stereocenters. The molecule has 0 bridgehead atoms. The largest absolute Gasteiger partial charge is 0.390 e. The summed E-state index contributed by atoms with van der Waals surface area (Å²) < 4.78 is 0. The fraction of sp³-hybridized carbons (Fsp3) is 0.909. The van der Waals surface area contributed by atoms with Gasteiger partial charge in [0.2, 0.25) is 0 Å². The van der Waals surface area contributed by atoms with Crippen molar-refractivity contribution in [1.29, 1.82) is 0 Å². The van der Waals surface area contributed by atoms with Gasteiger partial charge in [-0.05, 0) is 80.5 Å². The van der Waals surface area contributed by atoms with Gasteiger partial charge < -0.3 is 10.2 Å². The molecule has 4 nitrogen and oxygen atoms in total. The SMILES string of the molecule is C[C@]12CC/C(=N\OC3CNC3)CC1CCC1C2CC[C@]2(C)C(=O)CCC12. The maximum atomic E-state index is 12.5. The van der Waals surface area contributed by atoms with Crippen LogP contribution in [0.15, 0.2) is 5.16 Å². The van der Waals surface area contributed by atoms with Crippen molar-refractivity contribution in [1.82, 2.24) is 5.32 Å². The molecule has 144 valence electrons. The lowest BCUT2D eigenvalue weighted by atomic mass is 9.45. The molecule has 1 saturated heterocycles. The second kappa shape index (κ2) is 6.05. The van der Waals surface area contributed by atoms with E-state index in [-0.39, 0.29) is 5.41 Å². The van der Waals surface area contributed by atoms with Gasteiger partial charge in [0.05, 0.1) is 5.71 Å². The third-order valence-corrected chi connectivity index (χ3v) is 9.28. The first kappa shape index (κ1) is 17.2. The highest BCUT2D eigenvalue weighted by Gasteiger charge is 2.60. The third-order valence-electron chi connectivity index (χ3n) is 9.28. The van der Waals surface area contributed by atoms with E-state index >= 15 is 0 Å². The monoisotopic (exact) mass is 358 g/mol. The van der Waals surface area contributed by atoms with Crippen molar-refractivity contribution in [3.05, 3.63) is 0 Å². The van der Waals surface area contributed by atoms with Gasteiger partial charge in [-0.1, -0.05) is 19.0 Å². The van der Waals surface area contributed by atoms with E-state index in [1.165, 1.54) is 31.4 Å². The lowest BCUT2D eigenvalue weighted by Gasteiger charge is -2.59. The zero-order valence-corrected chi connectivity index (χ0v) is 16.4. The molecule has 1 aliphatic heterocycles. The van der Waals surface area contributed by atoms with E-state index in [2.05, 4.69) is 24.3 Å². The molecule has 0 radical (unpaired) electrons. The van der Waals surface area contributed by atoms with E-state index in [1.54, 1.807) is 0 Å². The van der Waals surface area contributed by atoms with Crippen molar-refractivity contribution >= 4 is 11.5 Å². The molecule has 4 heteroatoms. The van der Waals surface area contributed by atoms with E-state index in [1.807, 2.05) is 0 Å². The highest BCUT2D eigenvalue weighted by molar-refractivity contribution is 5.87. The summed E-state index contributed by atoms with van der Waals surface area (Å²) in [6.07, 6.45) is 10.9. The number of hydrogen-bond acceptors (Lipinski definition) is 4. The van der Waals surface area contributed by atoms with Crippen LogP contribution in [0.3, 0.4) is 0 Å². The Kier molecular flexibility index (Phi) is 4.01. The van der Waals surface area contributed by atoms with Crippen molar-refractivity contribution in [3.63, 3.8) is 0 Å². The van der Waals surface area contributed by atoms with Crippen LogP contribution in [0.1, 0.15) is 71.6 Å². The van der Waals surface area contributed by atoms with Gasteiger partial charge in [-0.3, -0.25) is 4.79 Å². The molecule has 26 heavy (non-hydrogen) atoms. The van der Waals surface area contributed by atoms with E-state index < -0.39 is 0 Å². The molecule has 0 aromatic rings. The first-order valence-corrected chi connectivity index (χ1v) is 11.0. The Morgan fingerprint density at radius 1 is 1.04 bits per heavy atom. The summed E-state index contributed by atoms with van der Waals surface area (Å²) in [4.78, 5) is 18.2. The van der Waals surface area contributed by atoms with Crippen LogP contribution in [0.25, 0.3) is 0 Å². The van der Waals surface area contributed by atoms with Gasteiger partial charge in [0.1, 0.15) is 5.78 Å². The molecular weight excluding hydrogens is 324 g/mol. The minimum Gasteiger partial charge on any atom is -0.390 e. The van der Waals surface area contributed by atoms with Crippen LogP contribution in [0.4, 0.5) is 0 Å². The second-order valence-corrected chi connectivity index (χ2v) is 10.3. The summed E-state index contributed by atoms with van der Waals surface area (Å²) in [7, 11) is 0. The van der Waals surface area contributed by atoms with Crippen LogP contribution < -0.4 is 5.32 Å². The molecule has 1 heterocycles. The molecule has 5 rings (SSSR count). The molecule has 5 fully saturated rings. The minimum atomic E-state index is 0.0102. The average Bonchev–Trinajstić information content (AvgIpc) is 2.89. The van der Waals surface area contributed by atoms with E-state index in [9.17, 15) is 4.79 Å². The Labute approximate surface area is 157 Å². The highest BCUT2D eigenvalue weighted by atomic mass is 16.6. The number of carbonyl (C=O) groups excluding carboxylic acids is 1.